The first-order valence-electron chi connectivity index (χ1n) is 6.92. The van der Waals surface area contributed by atoms with E-state index in [9.17, 15) is 9.90 Å². The second-order valence-corrected chi connectivity index (χ2v) is 6.17. The van der Waals surface area contributed by atoms with Crippen LogP contribution in [0.4, 0.5) is 0 Å². The number of hydrogen-bond acceptors (Lipinski definition) is 4. The molecule has 1 aromatic carbocycles. The van der Waals surface area contributed by atoms with Crippen LogP contribution in [0, 0.1) is 0 Å². The standard InChI is InChI=1S/C15H22N2O2S/c1-10(13(9-18)20-2)17-15(19)14-12-6-4-3-5-11(12)7-8-16-14/h3-6,10,13-14,16,18H,7-9H2,1-2H3,(H,17,19). The predicted octanol–water partition coefficient (Wildman–Crippen LogP) is 1.10. The Balaban J connectivity index is 2.07. The molecule has 1 aliphatic heterocycles. The van der Waals surface area contributed by atoms with Crippen molar-refractivity contribution in [1.82, 2.24) is 10.6 Å². The van der Waals surface area contributed by atoms with E-state index in [4.69, 9.17) is 0 Å². The van der Waals surface area contributed by atoms with Crippen LogP contribution < -0.4 is 10.6 Å². The van der Waals surface area contributed by atoms with Gasteiger partial charge >= 0.3 is 0 Å². The maximum Gasteiger partial charge on any atom is 0.241 e. The van der Waals surface area contributed by atoms with Gasteiger partial charge in [0.15, 0.2) is 0 Å². The third-order valence-corrected chi connectivity index (χ3v) is 4.94. The van der Waals surface area contributed by atoms with E-state index in [1.54, 1.807) is 11.8 Å². The molecule has 1 aliphatic rings. The van der Waals surface area contributed by atoms with E-state index in [-0.39, 0.29) is 29.8 Å². The molecule has 0 saturated carbocycles. The number of thioether (sulfide) groups is 1. The topological polar surface area (TPSA) is 61.4 Å². The van der Waals surface area contributed by atoms with Gasteiger partial charge in [0, 0.05) is 17.8 Å². The lowest BCUT2D eigenvalue weighted by molar-refractivity contribution is -0.124. The molecule has 1 aromatic rings. The summed E-state index contributed by atoms with van der Waals surface area (Å²) in [7, 11) is 0. The fraction of sp³-hybridized carbons (Fsp3) is 0.533. The van der Waals surface area contributed by atoms with Crippen LogP contribution in [0.1, 0.15) is 24.1 Å². The average Bonchev–Trinajstić information content (AvgIpc) is 2.47. The van der Waals surface area contributed by atoms with E-state index < -0.39 is 0 Å². The van der Waals surface area contributed by atoms with Crippen molar-refractivity contribution in [3.8, 4) is 0 Å². The number of aliphatic hydroxyl groups is 1. The molecule has 3 atom stereocenters. The quantitative estimate of drug-likeness (QED) is 0.761. The summed E-state index contributed by atoms with van der Waals surface area (Å²) in [5.74, 6) is -0.0165. The first kappa shape index (κ1) is 15.4. The zero-order chi connectivity index (χ0) is 14.5. The van der Waals surface area contributed by atoms with E-state index in [0.29, 0.717) is 0 Å². The third kappa shape index (κ3) is 3.34. The monoisotopic (exact) mass is 294 g/mol. The summed E-state index contributed by atoms with van der Waals surface area (Å²) in [4.78, 5) is 12.4. The first-order chi connectivity index (χ1) is 9.67. The predicted molar refractivity (Wildman–Crippen MR) is 82.9 cm³/mol. The molecule has 0 fully saturated rings. The van der Waals surface area contributed by atoms with Crippen LogP contribution in [0.25, 0.3) is 0 Å². The summed E-state index contributed by atoms with van der Waals surface area (Å²) in [6.07, 6.45) is 2.90. The van der Waals surface area contributed by atoms with Gasteiger partial charge in [-0.3, -0.25) is 4.79 Å². The van der Waals surface area contributed by atoms with Crippen molar-refractivity contribution < 1.29 is 9.90 Å². The Kier molecular flexibility index (Phi) is 5.46. The SMILES string of the molecule is CSC(CO)C(C)NC(=O)C1NCCc2ccccc21. The fourth-order valence-corrected chi connectivity index (χ4v) is 3.20. The summed E-state index contributed by atoms with van der Waals surface area (Å²) in [6, 6.07) is 7.72. The molecule has 0 aromatic heterocycles. The Labute approximate surface area is 124 Å². The highest BCUT2D eigenvalue weighted by molar-refractivity contribution is 7.99. The van der Waals surface area contributed by atoms with Gasteiger partial charge < -0.3 is 15.7 Å². The summed E-state index contributed by atoms with van der Waals surface area (Å²) in [5, 5.41) is 15.6. The smallest absolute Gasteiger partial charge is 0.241 e. The van der Waals surface area contributed by atoms with Crippen LogP contribution >= 0.6 is 11.8 Å². The Hall–Kier alpha value is -1.04. The molecule has 5 heteroatoms. The van der Waals surface area contributed by atoms with Crippen LogP contribution in [0.2, 0.25) is 0 Å². The van der Waals surface area contributed by atoms with Gasteiger partial charge in [0.1, 0.15) is 6.04 Å². The number of carbonyl (C=O) groups is 1. The van der Waals surface area contributed by atoms with Gasteiger partial charge in [0.05, 0.1) is 6.61 Å². The van der Waals surface area contributed by atoms with Gasteiger partial charge in [-0.15, -0.1) is 0 Å². The lowest BCUT2D eigenvalue weighted by Gasteiger charge is -2.29. The molecular weight excluding hydrogens is 272 g/mol. The van der Waals surface area contributed by atoms with Crippen molar-refractivity contribution in [1.29, 1.82) is 0 Å². The largest absolute Gasteiger partial charge is 0.395 e. The highest BCUT2D eigenvalue weighted by atomic mass is 32.2. The van der Waals surface area contributed by atoms with E-state index in [0.717, 1.165) is 18.5 Å². The summed E-state index contributed by atoms with van der Waals surface area (Å²) in [6.45, 7) is 2.82. The van der Waals surface area contributed by atoms with E-state index >= 15 is 0 Å². The molecular formula is C15H22N2O2S. The second-order valence-electron chi connectivity index (χ2n) is 5.09. The van der Waals surface area contributed by atoms with Crippen LogP contribution in [0.15, 0.2) is 24.3 Å². The van der Waals surface area contributed by atoms with Crippen molar-refractivity contribution in [2.45, 2.75) is 30.7 Å². The molecule has 1 heterocycles. The van der Waals surface area contributed by atoms with Crippen molar-refractivity contribution in [3.63, 3.8) is 0 Å². The maximum atomic E-state index is 12.4. The van der Waals surface area contributed by atoms with Gasteiger partial charge in [0.25, 0.3) is 0 Å². The molecule has 110 valence electrons. The Bertz CT molecular complexity index is 463. The minimum absolute atomic E-state index is 0.0165. The number of rotatable bonds is 5. The lowest BCUT2D eigenvalue weighted by Crippen LogP contribution is -2.47. The van der Waals surface area contributed by atoms with E-state index in [1.807, 2.05) is 31.4 Å². The minimum atomic E-state index is -0.288. The van der Waals surface area contributed by atoms with Crippen molar-refractivity contribution in [2.24, 2.45) is 0 Å². The molecule has 0 spiro atoms. The third-order valence-electron chi connectivity index (χ3n) is 3.78. The van der Waals surface area contributed by atoms with Crippen LogP contribution in [0.5, 0.6) is 0 Å². The molecule has 1 amide bonds. The highest BCUT2D eigenvalue weighted by Gasteiger charge is 2.27. The van der Waals surface area contributed by atoms with Crippen LogP contribution in [0.3, 0.4) is 0 Å². The molecule has 2 rings (SSSR count). The summed E-state index contributed by atoms with van der Waals surface area (Å²) >= 11 is 1.57. The highest BCUT2D eigenvalue weighted by Crippen LogP contribution is 2.23. The number of fused-ring (bicyclic) bond motifs is 1. The van der Waals surface area contributed by atoms with Crippen molar-refractivity contribution >= 4 is 17.7 Å². The molecule has 3 unspecified atom stereocenters. The molecule has 3 N–H and O–H groups in total. The van der Waals surface area contributed by atoms with Crippen molar-refractivity contribution in [2.75, 3.05) is 19.4 Å². The summed E-state index contributed by atoms with van der Waals surface area (Å²) in [5.41, 5.74) is 2.30. The molecule has 0 bridgehead atoms. The maximum absolute atomic E-state index is 12.4. The molecule has 4 nitrogen and oxygen atoms in total. The molecule has 0 radical (unpaired) electrons. The van der Waals surface area contributed by atoms with Gasteiger partial charge in [0.2, 0.25) is 5.91 Å². The van der Waals surface area contributed by atoms with Crippen LogP contribution in [-0.4, -0.2) is 41.7 Å². The Morgan fingerprint density at radius 1 is 1.55 bits per heavy atom. The van der Waals surface area contributed by atoms with Gasteiger partial charge in [-0.2, -0.15) is 11.8 Å². The number of benzene rings is 1. The molecule has 20 heavy (non-hydrogen) atoms. The van der Waals surface area contributed by atoms with E-state index in [1.165, 1.54) is 5.56 Å². The first-order valence-corrected chi connectivity index (χ1v) is 8.21. The zero-order valence-corrected chi connectivity index (χ0v) is 12.7. The number of amides is 1. The van der Waals surface area contributed by atoms with Crippen molar-refractivity contribution in [3.05, 3.63) is 35.4 Å². The Morgan fingerprint density at radius 2 is 2.30 bits per heavy atom. The van der Waals surface area contributed by atoms with Gasteiger partial charge in [-0.1, -0.05) is 24.3 Å². The number of carbonyl (C=O) groups excluding carboxylic acids is 1. The average molecular weight is 294 g/mol. The number of nitrogens with one attached hydrogen (secondary N) is 2. The number of hydrogen-bond donors (Lipinski definition) is 3. The normalized spacial score (nSPS) is 20.9. The van der Waals surface area contributed by atoms with E-state index in [2.05, 4.69) is 16.7 Å². The van der Waals surface area contributed by atoms with Gasteiger partial charge in [-0.25, -0.2) is 0 Å². The molecule has 0 aliphatic carbocycles. The lowest BCUT2D eigenvalue weighted by atomic mass is 9.94. The molecule has 0 saturated heterocycles. The second kappa shape index (κ2) is 7.11. The van der Waals surface area contributed by atoms with Crippen LogP contribution in [-0.2, 0) is 11.2 Å². The number of aliphatic hydroxyl groups excluding tert-OH is 1. The fourth-order valence-electron chi connectivity index (χ4n) is 2.58. The zero-order valence-electron chi connectivity index (χ0n) is 11.9. The Morgan fingerprint density at radius 3 is 3.00 bits per heavy atom. The van der Waals surface area contributed by atoms with Gasteiger partial charge in [-0.05, 0) is 30.7 Å². The summed E-state index contributed by atoms with van der Waals surface area (Å²) < 4.78 is 0. The minimum Gasteiger partial charge on any atom is -0.395 e.